The van der Waals surface area contributed by atoms with Gasteiger partial charge < -0.3 is 4.90 Å². The first-order chi connectivity index (χ1) is 21.0. The van der Waals surface area contributed by atoms with Crippen molar-refractivity contribution < 1.29 is 0 Å². The smallest absolute Gasteiger partial charge is 0.0618 e. The molecule has 232 valence electrons. The van der Waals surface area contributed by atoms with E-state index in [9.17, 15) is 0 Å². The third-order valence-electron chi connectivity index (χ3n) is 8.46. The lowest BCUT2D eigenvalue weighted by atomic mass is 9.84. The summed E-state index contributed by atoms with van der Waals surface area (Å²) in [6.45, 7) is 20.3. The summed E-state index contributed by atoms with van der Waals surface area (Å²) in [6, 6.07) is 39.7. The Balaban J connectivity index is 1.86. The highest BCUT2D eigenvalue weighted by atomic mass is 79.9. The minimum Gasteiger partial charge on any atom is -0.309 e. The molecule has 0 saturated carbocycles. The molecule has 0 N–H and O–H groups in total. The molecule has 0 heterocycles. The van der Waals surface area contributed by atoms with Gasteiger partial charge in [-0.2, -0.15) is 0 Å². The molecule has 0 aliphatic heterocycles. The standard InChI is InChI=1S/C42H45BrClN/c1-40(2,3)30-20-16-28(17-21-30)37-14-11-15-38(29-18-22-31(23-19-29)41(4,5)6)39(37)45(35-13-10-12-34(44)27-35)36-25-32(42(7,8)9)24-33(43)26-36/h10-27H,1-9H3. The number of anilines is 3. The molecule has 0 amide bonds. The lowest BCUT2D eigenvalue weighted by Gasteiger charge is -2.32. The van der Waals surface area contributed by atoms with Crippen LogP contribution in [0.2, 0.25) is 5.02 Å². The number of para-hydroxylation sites is 1. The molecule has 0 spiro atoms. The molecule has 0 bridgehead atoms. The molecular weight excluding hydrogens is 634 g/mol. The zero-order valence-corrected chi connectivity index (χ0v) is 30.4. The first kappa shape index (κ1) is 33.0. The summed E-state index contributed by atoms with van der Waals surface area (Å²) in [7, 11) is 0. The highest BCUT2D eigenvalue weighted by molar-refractivity contribution is 9.10. The predicted octanol–water partition coefficient (Wildman–Crippen LogP) is 13.8. The Morgan fingerprint density at radius 2 is 0.956 bits per heavy atom. The molecular formula is C42H45BrClN. The summed E-state index contributed by atoms with van der Waals surface area (Å²) in [6.07, 6.45) is 0. The van der Waals surface area contributed by atoms with Crippen molar-refractivity contribution >= 4 is 44.6 Å². The monoisotopic (exact) mass is 677 g/mol. The Hall–Kier alpha value is -3.33. The zero-order valence-electron chi connectivity index (χ0n) is 28.1. The van der Waals surface area contributed by atoms with Crippen LogP contribution in [0, 0.1) is 0 Å². The Morgan fingerprint density at radius 3 is 1.40 bits per heavy atom. The fourth-order valence-electron chi connectivity index (χ4n) is 5.71. The summed E-state index contributed by atoms with van der Waals surface area (Å²) in [5.41, 5.74) is 11.8. The third-order valence-corrected chi connectivity index (χ3v) is 9.15. The average molecular weight is 679 g/mol. The van der Waals surface area contributed by atoms with Crippen molar-refractivity contribution in [3.8, 4) is 22.3 Å². The van der Waals surface area contributed by atoms with Crippen LogP contribution in [-0.4, -0.2) is 0 Å². The minimum absolute atomic E-state index is 0.0353. The number of hydrogen-bond acceptors (Lipinski definition) is 1. The molecule has 5 aromatic rings. The topological polar surface area (TPSA) is 3.24 Å². The minimum atomic E-state index is -0.0353. The number of benzene rings is 5. The zero-order chi connectivity index (χ0) is 32.7. The van der Waals surface area contributed by atoms with Gasteiger partial charge in [-0.3, -0.25) is 0 Å². The largest absolute Gasteiger partial charge is 0.309 e. The van der Waals surface area contributed by atoms with E-state index in [1.807, 2.05) is 12.1 Å². The van der Waals surface area contributed by atoms with E-state index in [2.05, 4.69) is 180 Å². The summed E-state index contributed by atoms with van der Waals surface area (Å²) < 4.78 is 1.04. The first-order valence-corrected chi connectivity index (χ1v) is 16.9. The second kappa shape index (κ2) is 12.5. The van der Waals surface area contributed by atoms with Crippen LogP contribution in [0.25, 0.3) is 22.3 Å². The fourth-order valence-corrected chi connectivity index (χ4v) is 6.37. The van der Waals surface area contributed by atoms with E-state index in [0.717, 1.165) is 32.7 Å². The molecule has 5 rings (SSSR count). The maximum atomic E-state index is 6.70. The Morgan fingerprint density at radius 1 is 0.489 bits per heavy atom. The van der Waals surface area contributed by atoms with E-state index in [-0.39, 0.29) is 16.2 Å². The van der Waals surface area contributed by atoms with Crippen LogP contribution in [0.3, 0.4) is 0 Å². The van der Waals surface area contributed by atoms with Crippen molar-refractivity contribution in [2.45, 2.75) is 78.6 Å². The van der Waals surface area contributed by atoms with E-state index in [0.29, 0.717) is 5.02 Å². The van der Waals surface area contributed by atoms with Crippen molar-refractivity contribution in [2.24, 2.45) is 0 Å². The highest BCUT2D eigenvalue weighted by Gasteiger charge is 2.25. The predicted molar refractivity (Wildman–Crippen MR) is 201 cm³/mol. The van der Waals surface area contributed by atoms with E-state index in [1.54, 1.807) is 0 Å². The molecule has 0 fully saturated rings. The van der Waals surface area contributed by atoms with Gasteiger partial charge in [-0.15, -0.1) is 0 Å². The van der Waals surface area contributed by atoms with Gasteiger partial charge in [-0.25, -0.2) is 0 Å². The average Bonchev–Trinajstić information content (AvgIpc) is 2.96. The maximum Gasteiger partial charge on any atom is 0.0618 e. The summed E-state index contributed by atoms with van der Waals surface area (Å²) in [5, 5.41) is 0.701. The molecule has 1 nitrogen and oxygen atoms in total. The number of hydrogen-bond donors (Lipinski definition) is 0. The molecule has 0 radical (unpaired) electrons. The van der Waals surface area contributed by atoms with Crippen molar-refractivity contribution in [3.05, 3.63) is 135 Å². The van der Waals surface area contributed by atoms with Gasteiger partial charge >= 0.3 is 0 Å². The van der Waals surface area contributed by atoms with E-state index in [1.165, 1.54) is 27.8 Å². The van der Waals surface area contributed by atoms with Crippen molar-refractivity contribution in [1.29, 1.82) is 0 Å². The Bertz CT molecular complexity index is 1720. The van der Waals surface area contributed by atoms with Crippen LogP contribution < -0.4 is 4.90 Å². The molecule has 0 aliphatic rings. The van der Waals surface area contributed by atoms with Crippen LogP contribution >= 0.6 is 27.5 Å². The molecule has 0 saturated heterocycles. The van der Waals surface area contributed by atoms with Crippen LogP contribution in [0.1, 0.15) is 79.0 Å². The summed E-state index contributed by atoms with van der Waals surface area (Å²) in [4.78, 5) is 2.38. The van der Waals surface area contributed by atoms with Gasteiger partial charge in [0.25, 0.3) is 0 Å². The lowest BCUT2D eigenvalue weighted by molar-refractivity contribution is 0.590. The molecule has 5 aromatic carbocycles. The van der Waals surface area contributed by atoms with Gasteiger partial charge in [0.15, 0.2) is 0 Å². The second-order valence-electron chi connectivity index (χ2n) is 15.1. The van der Waals surface area contributed by atoms with Gasteiger partial charge in [0, 0.05) is 32.0 Å². The van der Waals surface area contributed by atoms with Gasteiger partial charge in [0.05, 0.1) is 5.69 Å². The quantitative estimate of drug-likeness (QED) is 0.179. The van der Waals surface area contributed by atoms with Gasteiger partial charge in [-0.1, -0.05) is 163 Å². The Kier molecular flexibility index (Phi) is 9.15. The van der Waals surface area contributed by atoms with Crippen LogP contribution in [0.4, 0.5) is 17.1 Å². The van der Waals surface area contributed by atoms with Crippen LogP contribution in [0.5, 0.6) is 0 Å². The lowest BCUT2D eigenvalue weighted by Crippen LogP contribution is -2.16. The van der Waals surface area contributed by atoms with Crippen LogP contribution in [0.15, 0.2) is 114 Å². The SMILES string of the molecule is CC(C)(C)c1ccc(-c2cccc(-c3ccc(C(C)(C)C)cc3)c2N(c2cccc(Cl)c2)c2cc(Br)cc(C(C)(C)C)c2)cc1. The van der Waals surface area contributed by atoms with E-state index >= 15 is 0 Å². The van der Waals surface area contributed by atoms with Crippen LogP contribution in [-0.2, 0) is 16.2 Å². The highest BCUT2D eigenvalue weighted by Crippen LogP contribution is 2.48. The number of halogens is 2. The maximum absolute atomic E-state index is 6.70. The Labute approximate surface area is 284 Å². The van der Waals surface area contributed by atoms with E-state index in [4.69, 9.17) is 11.6 Å². The summed E-state index contributed by atoms with van der Waals surface area (Å²) >= 11 is 10.6. The van der Waals surface area contributed by atoms with Gasteiger partial charge in [-0.05, 0) is 80.5 Å². The first-order valence-electron chi connectivity index (χ1n) is 15.7. The molecule has 0 aromatic heterocycles. The van der Waals surface area contributed by atoms with Gasteiger partial charge in [0.2, 0.25) is 0 Å². The third kappa shape index (κ3) is 7.40. The van der Waals surface area contributed by atoms with Crippen molar-refractivity contribution in [3.63, 3.8) is 0 Å². The molecule has 3 heteroatoms. The van der Waals surface area contributed by atoms with Gasteiger partial charge in [0.1, 0.15) is 0 Å². The second-order valence-corrected chi connectivity index (χ2v) is 16.5. The number of nitrogens with zero attached hydrogens (tertiary/aromatic N) is 1. The molecule has 0 unspecified atom stereocenters. The normalized spacial score (nSPS) is 12.3. The van der Waals surface area contributed by atoms with Crippen molar-refractivity contribution in [2.75, 3.05) is 4.90 Å². The molecule has 45 heavy (non-hydrogen) atoms. The van der Waals surface area contributed by atoms with E-state index < -0.39 is 0 Å². The summed E-state index contributed by atoms with van der Waals surface area (Å²) in [5.74, 6) is 0. The molecule has 0 aliphatic carbocycles. The van der Waals surface area contributed by atoms with Crippen molar-refractivity contribution in [1.82, 2.24) is 0 Å². The molecule has 0 atom stereocenters. The number of rotatable bonds is 5. The fraction of sp³-hybridized carbons (Fsp3) is 0.286.